The summed E-state index contributed by atoms with van der Waals surface area (Å²) < 4.78 is 6.13. The number of ketones is 1. The molecule has 2 aromatic rings. The van der Waals surface area contributed by atoms with Crippen LogP contribution in [-0.4, -0.2) is 35.4 Å². The average molecular weight is 613 g/mol. The Morgan fingerprint density at radius 3 is 1.77 bits per heavy atom. The van der Waals surface area contributed by atoms with Crippen molar-refractivity contribution in [1.82, 2.24) is 4.90 Å². The van der Waals surface area contributed by atoms with Crippen LogP contribution in [0.3, 0.4) is 0 Å². The minimum Gasteiger partial charge on any atom is -0.507 e. The number of methoxy groups -OCH3 is 1. The maximum absolute atomic E-state index is 13.2. The predicted molar refractivity (Wildman–Crippen MR) is 166 cm³/mol. The Labute approximate surface area is 249 Å². The van der Waals surface area contributed by atoms with E-state index in [0.29, 0.717) is 17.9 Å². The van der Waals surface area contributed by atoms with Gasteiger partial charge in [0.15, 0.2) is 0 Å². The molecule has 1 N–H and O–H groups in total. The standard InChI is InChI=1S/C34H46BrNO4/c1-3-4-5-6-7-8-9-10-11-12-13-14-15-16-25-36-31(26-17-21-28(35)22-18-26)30(33(38)34(36)39)32(37)27-19-23-29(40-2)24-20-27/h17-24,31,37H,3-16,25H2,1-2H3/t31-/m0/s1. The van der Waals surface area contributed by atoms with Gasteiger partial charge in [-0.3, -0.25) is 9.59 Å². The second kappa shape index (κ2) is 17.3. The first-order chi connectivity index (χ1) is 19.5. The van der Waals surface area contributed by atoms with Crippen molar-refractivity contribution in [1.29, 1.82) is 0 Å². The van der Waals surface area contributed by atoms with Crippen molar-refractivity contribution in [2.24, 2.45) is 0 Å². The lowest BCUT2D eigenvalue weighted by molar-refractivity contribution is -0.139. The maximum atomic E-state index is 13.2. The minimum absolute atomic E-state index is 0.142. The second-order valence-corrected chi connectivity index (χ2v) is 11.8. The van der Waals surface area contributed by atoms with Crippen LogP contribution in [0.5, 0.6) is 5.75 Å². The first-order valence-electron chi connectivity index (χ1n) is 15.2. The molecule has 0 spiro atoms. The lowest BCUT2D eigenvalue weighted by Gasteiger charge is -2.25. The Morgan fingerprint density at radius 1 is 0.775 bits per heavy atom. The summed E-state index contributed by atoms with van der Waals surface area (Å²) in [6.07, 6.45) is 17.7. The van der Waals surface area contributed by atoms with Crippen molar-refractivity contribution in [3.05, 3.63) is 69.7 Å². The summed E-state index contributed by atoms with van der Waals surface area (Å²) in [6, 6.07) is 13.9. The average Bonchev–Trinajstić information content (AvgIpc) is 3.22. The van der Waals surface area contributed by atoms with Gasteiger partial charge < -0.3 is 14.7 Å². The number of amides is 1. The first kappa shape index (κ1) is 31.9. The zero-order chi connectivity index (χ0) is 28.7. The number of benzene rings is 2. The van der Waals surface area contributed by atoms with Gasteiger partial charge in [0.05, 0.1) is 18.7 Å². The SMILES string of the molecule is CCCCCCCCCCCCCCCCN1C(=O)C(=O)C(=C(O)c2ccc(OC)cc2)[C@@H]1c1ccc(Br)cc1. The molecule has 5 nitrogen and oxygen atoms in total. The van der Waals surface area contributed by atoms with E-state index in [-0.39, 0.29) is 11.3 Å². The van der Waals surface area contributed by atoms with Crippen LogP contribution in [0.1, 0.15) is 114 Å². The van der Waals surface area contributed by atoms with E-state index in [4.69, 9.17) is 4.74 Å². The molecule has 40 heavy (non-hydrogen) atoms. The number of halogens is 1. The van der Waals surface area contributed by atoms with Crippen LogP contribution in [0.4, 0.5) is 0 Å². The van der Waals surface area contributed by atoms with Crippen molar-refractivity contribution in [2.45, 2.75) is 103 Å². The number of carbonyl (C=O) groups excluding carboxylic acids is 2. The van der Waals surface area contributed by atoms with E-state index in [1.54, 1.807) is 36.3 Å². The largest absolute Gasteiger partial charge is 0.507 e. The van der Waals surface area contributed by atoms with Gasteiger partial charge in [-0.1, -0.05) is 118 Å². The summed E-state index contributed by atoms with van der Waals surface area (Å²) in [6.45, 7) is 2.75. The van der Waals surface area contributed by atoms with Crippen LogP contribution in [0.15, 0.2) is 58.6 Å². The molecule has 218 valence electrons. The molecule has 1 aliphatic rings. The monoisotopic (exact) mass is 611 g/mol. The summed E-state index contributed by atoms with van der Waals surface area (Å²) in [5, 5.41) is 11.2. The van der Waals surface area contributed by atoms with Crippen LogP contribution in [0.25, 0.3) is 5.76 Å². The number of carbonyl (C=O) groups is 2. The molecule has 1 heterocycles. The Morgan fingerprint density at radius 2 is 1.27 bits per heavy atom. The highest BCUT2D eigenvalue weighted by molar-refractivity contribution is 9.10. The fourth-order valence-corrected chi connectivity index (χ4v) is 5.75. The number of aliphatic hydroxyl groups excluding tert-OH is 1. The lowest BCUT2D eigenvalue weighted by atomic mass is 9.95. The van der Waals surface area contributed by atoms with Crippen LogP contribution in [-0.2, 0) is 9.59 Å². The van der Waals surface area contributed by atoms with Gasteiger partial charge in [0.25, 0.3) is 11.7 Å². The van der Waals surface area contributed by atoms with Crippen molar-refractivity contribution in [2.75, 3.05) is 13.7 Å². The number of nitrogens with zero attached hydrogens (tertiary/aromatic N) is 1. The molecule has 6 heteroatoms. The number of ether oxygens (including phenoxy) is 1. The van der Waals surface area contributed by atoms with E-state index in [9.17, 15) is 14.7 Å². The Balaban J connectivity index is 1.54. The molecular weight excluding hydrogens is 566 g/mol. The van der Waals surface area contributed by atoms with Crippen molar-refractivity contribution >= 4 is 33.4 Å². The molecule has 0 unspecified atom stereocenters. The number of aliphatic hydroxyl groups is 1. The molecular formula is C34H46BrNO4. The molecule has 2 aromatic carbocycles. The highest BCUT2D eigenvalue weighted by Crippen LogP contribution is 2.40. The fourth-order valence-electron chi connectivity index (χ4n) is 5.48. The van der Waals surface area contributed by atoms with Crippen LogP contribution in [0, 0.1) is 0 Å². The summed E-state index contributed by atoms with van der Waals surface area (Å²) in [7, 11) is 1.57. The van der Waals surface area contributed by atoms with Crippen LogP contribution < -0.4 is 4.74 Å². The van der Waals surface area contributed by atoms with E-state index in [0.717, 1.165) is 29.3 Å². The predicted octanol–water partition coefficient (Wildman–Crippen LogP) is 9.36. The molecule has 1 fully saturated rings. The highest BCUT2D eigenvalue weighted by Gasteiger charge is 2.45. The summed E-state index contributed by atoms with van der Waals surface area (Å²) in [5.74, 6) is -0.680. The van der Waals surface area contributed by atoms with E-state index in [1.807, 2.05) is 24.3 Å². The third-order valence-electron chi connectivity index (χ3n) is 7.84. The Kier molecular flexibility index (Phi) is 13.8. The van der Waals surface area contributed by atoms with Crippen molar-refractivity contribution in [3.8, 4) is 5.75 Å². The quantitative estimate of drug-likeness (QED) is 0.0789. The fraction of sp³-hybridized carbons (Fsp3) is 0.529. The van der Waals surface area contributed by atoms with Gasteiger partial charge in [-0.2, -0.15) is 0 Å². The summed E-state index contributed by atoms with van der Waals surface area (Å²) >= 11 is 3.47. The van der Waals surface area contributed by atoms with Crippen molar-refractivity contribution in [3.63, 3.8) is 0 Å². The van der Waals surface area contributed by atoms with Gasteiger partial charge in [0, 0.05) is 16.6 Å². The molecule has 1 saturated heterocycles. The molecule has 0 aliphatic carbocycles. The van der Waals surface area contributed by atoms with Gasteiger partial charge >= 0.3 is 0 Å². The van der Waals surface area contributed by atoms with Gasteiger partial charge in [0.1, 0.15) is 11.5 Å². The third-order valence-corrected chi connectivity index (χ3v) is 8.37. The normalized spacial score (nSPS) is 16.6. The molecule has 1 atom stereocenters. The molecule has 0 saturated carbocycles. The van der Waals surface area contributed by atoms with Gasteiger partial charge in [0.2, 0.25) is 0 Å². The maximum Gasteiger partial charge on any atom is 0.295 e. The minimum atomic E-state index is -0.633. The zero-order valence-corrected chi connectivity index (χ0v) is 25.9. The van der Waals surface area contributed by atoms with E-state index >= 15 is 0 Å². The number of unbranched alkanes of at least 4 members (excludes halogenated alkanes) is 13. The van der Waals surface area contributed by atoms with Gasteiger partial charge in [-0.15, -0.1) is 0 Å². The zero-order valence-electron chi connectivity index (χ0n) is 24.3. The number of rotatable bonds is 18. The number of hydrogen-bond donors (Lipinski definition) is 1. The van der Waals surface area contributed by atoms with Crippen LogP contribution in [0.2, 0.25) is 0 Å². The topological polar surface area (TPSA) is 66.8 Å². The molecule has 1 aliphatic heterocycles. The Hall–Kier alpha value is -2.60. The van der Waals surface area contributed by atoms with Gasteiger partial charge in [-0.05, 0) is 48.4 Å². The summed E-state index contributed by atoms with van der Waals surface area (Å²) in [4.78, 5) is 28.0. The second-order valence-electron chi connectivity index (χ2n) is 10.9. The third kappa shape index (κ3) is 9.22. The number of likely N-dealkylation sites (tertiary alicyclic amines) is 1. The molecule has 0 radical (unpaired) electrons. The van der Waals surface area contributed by atoms with Crippen LogP contribution >= 0.6 is 15.9 Å². The number of hydrogen-bond acceptors (Lipinski definition) is 4. The molecule has 0 aromatic heterocycles. The molecule has 3 rings (SSSR count). The summed E-state index contributed by atoms with van der Waals surface area (Å²) in [5.41, 5.74) is 1.43. The van der Waals surface area contributed by atoms with Gasteiger partial charge in [-0.25, -0.2) is 0 Å². The smallest absolute Gasteiger partial charge is 0.295 e. The van der Waals surface area contributed by atoms with Crippen molar-refractivity contribution < 1.29 is 19.4 Å². The van der Waals surface area contributed by atoms with E-state index < -0.39 is 17.7 Å². The van der Waals surface area contributed by atoms with E-state index in [1.165, 1.54) is 70.6 Å². The molecule has 1 amide bonds. The molecule has 0 bridgehead atoms. The lowest BCUT2D eigenvalue weighted by Crippen LogP contribution is -2.30. The number of Topliss-reactive ketones (excluding diaryl/α,β-unsaturated/α-hetero) is 1. The Bertz CT molecular complexity index is 1090. The van der Waals surface area contributed by atoms with E-state index in [2.05, 4.69) is 22.9 Å². The first-order valence-corrected chi connectivity index (χ1v) is 16.0. The highest BCUT2D eigenvalue weighted by atomic mass is 79.9.